The van der Waals surface area contributed by atoms with Crippen LogP contribution in [-0.4, -0.2) is 19.9 Å². The van der Waals surface area contributed by atoms with Crippen LogP contribution in [0.3, 0.4) is 0 Å². The van der Waals surface area contributed by atoms with Gasteiger partial charge in [0.05, 0.1) is 10.7 Å². The molecule has 0 spiro atoms. The van der Waals surface area contributed by atoms with Crippen LogP contribution in [0.4, 0.5) is 4.39 Å². The Morgan fingerprint density at radius 3 is 2.73 bits per heavy atom. The molecule has 128 valence electrons. The Bertz CT molecular complexity index is 1160. The van der Waals surface area contributed by atoms with Gasteiger partial charge in [-0.2, -0.15) is 10.1 Å². The molecule has 4 aromatic rings. The van der Waals surface area contributed by atoms with Crippen molar-refractivity contribution in [2.45, 2.75) is 0 Å². The molecule has 8 heteroatoms. The SMILES string of the molecule is O=c1ccn(-c2cccc(F)c2)nc1-c1nc(-c2ccccc2Cl)no1. The number of rotatable bonds is 3. The monoisotopic (exact) mass is 368 g/mol. The smallest absolute Gasteiger partial charge is 0.282 e. The predicted octanol–water partition coefficient (Wildman–Crippen LogP) is 3.74. The highest BCUT2D eigenvalue weighted by molar-refractivity contribution is 6.33. The van der Waals surface area contributed by atoms with E-state index < -0.39 is 11.2 Å². The molecule has 0 N–H and O–H groups in total. The van der Waals surface area contributed by atoms with Gasteiger partial charge in [0.15, 0.2) is 5.69 Å². The highest BCUT2D eigenvalue weighted by Gasteiger charge is 2.17. The largest absolute Gasteiger partial charge is 0.332 e. The van der Waals surface area contributed by atoms with Gasteiger partial charge in [0, 0.05) is 17.8 Å². The van der Waals surface area contributed by atoms with Crippen LogP contribution in [0.5, 0.6) is 0 Å². The van der Waals surface area contributed by atoms with Gasteiger partial charge in [-0.25, -0.2) is 9.07 Å². The lowest BCUT2D eigenvalue weighted by atomic mass is 10.2. The third-order valence-electron chi connectivity index (χ3n) is 3.62. The van der Waals surface area contributed by atoms with Crippen molar-refractivity contribution in [1.82, 2.24) is 19.9 Å². The molecular formula is C18H10ClFN4O2. The lowest BCUT2D eigenvalue weighted by molar-refractivity contribution is 0.429. The van der Waals surface area contributed by atoms with Gasteiger partial charge in [-0.05, 0) is 30.3 Å². The molecule has 2 aromatic carbocycles. The van der Waals surface area contributed by atoms with E-state index in [1.54, 1.807) is 36.4 Å². The van der Waals surface area contributed by atoms with E-state index in [1.807, 2.05) is 0 Å². The summed E-state index contributed by atoms with van der Waals surface area (Å²) in [5.41, 5.74) is 0.595. The number of nitrogens with zero attached hydrogens (tertiary/aromatic N) is 4. The Hall–Kier alpha value is -3.32. The minimum atomic E-state index is -0.414. The summed E-state index contributed by atoms with van der Waals surface area (Å²) >= 11 is 6.13. The lowest BCUT2D eigenvalue weighted by Gasteiger charge is -2.05. The maximum Gasteiger partial charge on any atom is 0.282 e. The minimum absolute atomic E-state index is 0.0393. The van der Waals surface area contributed by atoms with Crippen molar-refractivity contribution in [2.24, 2.45) is 0 Å². The molecule has 26 heavy (non-hydrogen) atoms. The van der Waals surface area contributed by atoms with Gasteiger partial charge in [0.1, 0.15) is 5.82 Å². The summed E-state index contributed by atoms with van der Waals surface area (Å²) in [7, 11) is 0. The number of halogens is 2. The van der Waals surface area contributed by atoms with Crippen LogP contribution < -0.4 is 5.43 Å². The molecule has 0 atom stereocenters. The first-order valence-electron chi connectivity index (χ1n) is 7.57. The van der Waals surface area contributed by atoms with E-state index in [4.69, 9.17) is 16.1 Å². The van der Waals surface area contributed by atoms with Gasteiger partial charge < -0.3 is 4.52 Å². The Morgan fingerprint density at radius 1 is 1.08 bits per heavy atom. The molecule has 2 heterocycles. The fraction of sp³-hybridized carbons (Fsp3) is 0. The Morgan fingerprint density at radius 2 is 1.92 bits per heavy atom. The van der Waals surface area contributed by atoms with E-state index in [9.17, 15) is 9.18 Å². The van der Waals surface area contributed by atoms with Gasteiger partial charge in [0.25, 0.3) is 5.89 Å². The molecule has 0 saturated heterocycles. The highest BCUT2D eigenvalue weighted by Crippen LogP contribution is 2.26. The van der Waals surface area contributed by atoms with Crippen molar-refractivity contribution >= 4 is 11.6 Å². The molecule has 0 fully saturated rings. The van der Waals surface area contributed by atoms with Crippen LogP contribution in [0.2, 0.25) is 5.02 Å². The third-order valence-corrected chi connectivity index (χ3v) is 3.95. The maximum atomic E-state index is 13.4. The summed E-state index contributed by atoms with van der Waals surface area (Å²) in [6.45, 7) is 0. The van der Waals surface area contributed by atoms with Gasteiger partial charge in [0.2, 0.25) is 11.3 Å². The standard InChI is InChI=1S/C18H10ClFN4O2/c19-14-7-2-1-6-13(14)17-21-18(26-23-17)16-15(25)8-9-24(22-16)12-5-3-4-11(20)10-12/h1-10H. The van der Waals surface area contributed by atoms with Crippen LogP contribution >= 0.6 is 11.6 Å². The van der Waals surface area contributed by atoms with Crippen molar-refractivity contribution in [1.29, 1.82) is 0 Å². The van der Waals surface area contributed by atoms with E-state index in [0.717, 1.165) is 0 Å². The van der Waals surface area contributed by atoms with Crippen LogP contribution in [0.25, 0.3) is 28.7 Å². The van der Waals surface area contributed by atoms with Crippen LogP contribution in [0, 0.1) is 5.82 Å². The second kappa shape index (κ2) is 6.53. The molecule has 0 aliphatic rings. The van der Waals surface area contributed by atoms with Gasteiger partial charge in [-0.1, -0.05) is 35.0 Å². The highest BCUT2D eigenvalue weighted by atomic mass is 35.5. The van der Waals surface area contributed by atoms with Crippen LogP contribution in [-0.2, 0) is 0 Å². The summed E-state index contributed by atoms with van der Waals surface area (Å²) in [4.78, 5) is 16.4. The lowest BCUT2D eigenvalue weighted by Crippen LogP contribution is -2.12. The van der Waals surface area contributed by atoms with E-state index in [1.165, 1.54) is 29.1 Å². The number of benzene rings is 2. The fourth-order valence-electron chi connectivity index (χ4n) is 2.39. The van der Waals surface area contributed by atoms with Crippen LogP contribution in [0.15, 0.2) is 70.1 Å². The molecule has 0 bridgehead atoms. The minimum Gasteiger partial charge on any atom is -0.332 e. The molecule has 0 unspecified atom stereocenters. The number of hydrogen-bond acceptors (Lipinski definition) is 5. The molecule has 0 aliphatic heterocycles. The Labute approximate surface area is 151 Å². The first-order chi connectivity index (χ1) is 12.6. The molecule has 0 amide bonds. The van der Waals surface area contributed by atoms with E-state index in [-0.39, 0.29) is 17.4 Å². The number of aromatic nitrogens is 4. The second-order valence-electron chi connectivity index (χ2n) is 5.36. The van der Waals surface area contributed by atoms with Crippen molar-refractivity contribution in [3.8, 4) is 28.7 Å². The van der Waals surface area contributed by atoms with Crippen molar-refractivity contribution in [3.63, 3.8) is 0 Å². The normalized spacial score (nSPS) is 10.8. The van der Waals surface area contributed by atoms with E-state index in [2.05, 4.69) is 15.2 Å². The van der Waals surface area contributed by atoms with E-state index in [0.29, 0.717) is 16.3 Å². The van der Waals surface area contributed by atoms with Gasteiger partial charge >= 0.3 is 0 Å². The molecule has 2 aromatic heterocycles. The van der Waals surface area contributed by atoms with Crippen molar-refractivity contribution in [2.75, 3.05) is 0 Å². The topological polar surface area (TPSA) is 73.8 Å². The van der Waals surface area contributed by atoms with Gasteiger partial charge in [-0.3, -0.25) is 4.79 Å². The molecule has 4 rings (SSSR count). The van der Waals surface area contributed by atoms with Crippen LogP contribution in [0.1, 0.15) is 0 Å². The summed E-state index contributed by atoms with van der Waals surface area (Å²) in [6, 6.07) is 14.1. The quantitative estimate of drug-likeness (QED) is 0.550. The summed E-state index contributed by atoms with van der Waals surface area (Å²) in [6.07, 6.45) is 1.44. The number of hydrogen-bond donors (Lipinski definition) is 0. The first-order valence-corrected chi connectivity index (χ1v) is 7.94. The third kappa shape index (κ3) is 3.00. The summed E-state index contributed by atoms with van der Waals surface area (Å²) < 4.78 is 20.0. The Kier molecular flexibility index (Phi) is 4.06. The average molecular weight is 369 g/mol. The first kappa shape index (κ1) is 16.2. The van der Waals surface area contributed by atoms with Crippen molar-refractivity contribution < 1.29 is 8.91 Å². The molecule has 6 nitrogen and oxygen atoms in total. The molecule has 0 radical (unpaired) electrons. The fourth-order valence-corrected chi connectivity index (χ4v) is 2.61. The summed E-state index contributed by atoms with van der Waals surface area (Å²) in [5.74, 6) is -0.216. The average Bonchev–Trinajstić information content (AvgIpc) is 3.12. The molecule has 0 aliphatic carbocycles. The zero-order chi connectivity index (χ0) is 18.1. The van der Waals surface area contributed by atoms with E-state index >= 15 is 0 Å². The molecular weight excluding hydrogens is 359 g/mol. The zero-order valence-corrected chi connectivity index (χ0v) is 13.9. The zero-order valence-electron chi connectivity index (χ0n) is 13.1. The predicted molar refractivity (Wildman–Crippen MR) is 93.5 cm³/mol. The van der Waals surface area contributed by atoms with Gasteiger partial charge in [-0.15, -0.1) is 0 Å². The Balaban J connectivity index is 1.78. The summed E-state index contributed by atoms with van der Waals surface area (Å²) in [5, 5.41) is 8.51. The second-order valence-corrected chi connectivity index (χ2v) is 5.76. The van der Waals surface area contributed by atoms with Crippen molar-refractivity contribution in [3.05, 3.63) is 81.9 Å². The maximum absolute atomic E-state index is 13.4. The molecule has 0 saturated carbocycles.